The van der Waals surface area contributed by atoms with Crippen LogP contribution in [0.2, 0.25) is 5.15 Å². The van der Waals surface area contributed by atoms with E-state index < -0.39 is 0 Å². The molecule has 1 atom stereocenters. The van der Waals surface area contributed by atoms with Gasteiger partial charge in [0.05, 0.1) is 11.6 Å². The van der Waals surface area contributed by atoms with Crippen molar-refractivity contribution >= 4 is 40.6 Å². The number of hydrogen-bond acceptors (Lipinski definition) is 5. The Balaban J connectivity index is 0.00000240. The van der Waals surface area contributed by atoms with Crippen molar-refractivity contribution < 1.29 is 9.47 Å². The minimum absolute atomic E-state index is 0. The van der Waals surface area contributed by atoms with E-state index in [9.17, 15) is 0 Å². The molecule has 1 aliphatic heterocycles. The van der Waals surface area contributed by atoms with Gasteiger partial charge in [-0.3, -0.25) is 4.98 Å². The molecule has 1 fully saturated rings. The zero-order chi connectivity index (χ0) is 19.5. The maximum atomic E-state index is 6.11. The van der Waals surface area contributed by atoms with Crippen LogP contribution in [0.25, 0.3) is 10.9 Å². The molecule has 0 amide bonds. The SMILES string of the molecule is CCO[C@H]1CCN(c2cc(C)nc3cc(OCc4cccnc4Cl)ccc23)C1.Cl. The highest BCUT2D eigenvalue weighted by Crippen LogP contribution is 2.32. The van der Waals surface area contributed by atoms with Crippen LogP contribution in [-0.2, 0) is 11.3 Å². The third-order valence-corrected chi connectivity index (χ3v) is 5.35. The number of hydrogen-bond donors (Lipinski definition) is 0. The maximum absolute atomic E-state index is 6.11. The third-order valence-electron chi connectivity index (χ3n) is 5.01. The number of aryl methyl sites for hydroxylation is 1. The number of pyridine rings is 2. The van der Waals surface area contributed by atoms with Crippen LogP contribution in [0.4, 0.5) is 5.69 Å². The number of rotatable bonds is 6. The molecule has 1 saturated heterocycles. The molecule has 1 aliphatic rings. The van der Waals surface area contributed by atoms with Crippen molar-refractivity contribution in [1.82, 2.24) is 9.97 Å². The molecule has 0 spiro atoms. The first-order valence-corrected chi connectivity index (χ1v) is 10.0. The molecule has 0 radical (unpaired) electrons. The van der Waals surface area contributed by atoms with Gasteiger partial charge in [0.25, 0.3) is 0 Å². The van der Waals surface area contributed by atoms with Crippen LogP contribution in [0.5, 0.6) is 5.75 Å². The zero-order valence-electron chi connectivity index (χ0n) is 16.6. The van der Waals surface area contributed by atoms with Gasteiger partial charge in [0.2, 0.25) is 0 Å². The normalized spacial score (nSPS) is 16.1. The lowest BCUT2D eigenvalue weighted by Crippen LogP contribution is -2.23. The van der Waals surface area contributed by atoms with Crippen LogP contribution in [0.1, 0.15) is 24.6 Å². The molecule has 7 heteroatoms. The Morgan fingerprint density at radius 2 is 2.10 bits per heavy atom. The van der Waals surface area contributed by atoms with E-state index in [1.54, 1.807) is 6.20 Å². The van der Waals surface area contributed by atoms with Crippen LogP contribution in [0, 0.1) is 6.92 Å². The van der Waals surface area contributed by atoms with Crippen LogP contribution in [0.15, 0.2) is 42.6 Å². The summed E-state index contributed by atoms with van der Waals surface area (Å²) in [5.41, 5.74) is 4.01. The molecule has 4 rings (SSSR count). The molecule has 5 nitrogen and oxygen atoms in total. The Bertz CT molecular complexity index is 983. The Morgan fingerprint density at radius 1 is 1.24 bits per heavy atom. The van der Waals surface area contributed by atoms with Crippen molar-refractivity contribution in [3.8, 4) is 5.75 Å². The molecule has 154 valence electrons. The lowest BCUT2D eigenvalue weighted by Gasteiger charge is -2.21. The van der Waals surface area contributed by atoms with Gasteiger partial charge in [-0.25, -0.2) is 4.98 Å². The number of nitrogens with zero attached hydrogens (tertiary/aromatic N) is 3. The van der Waals surface area contributed by atoms with Gasteiger partial charge < -0.3 is 14.4 Å². The van der Waals surface area contributed by atoms with Crippen molar-refractivity contribution in [3.63, 3.8) is 0 Å². The van der Waals surface area contributed by atoms with Crippen LogP contribution in [-0.4, -0.2) is 35.8 Å². The van der Waals surface area contributed by atoms with Crippen LogP contribution >= 0.6 is 24.0 Å². The first-order valence-electron chi connectivity index (χ1n) is 9.64. The number of halogens is 2. The van der Waals surface area contributed by atoms with E-state index in [0.29, 0.717) is 17.9 Å². The lowest BCUT2D eigenvalue weighted by atomic mass is 10.1. The van der Waals surface area contributed by atoms with Gasteiger partial charge in [-0.1, -0.05) is 17.7 Å². The molecule has 0 unspecified atom stereocenters. The van der Waals surface area contributed by atoms with Crippen molar-refractivity contribution in [2.45, 2.75) is 33.0 Å². The summed E-state index contributed by atoms with van der Waals surface area (Å²) < 4.78 is 11.7. The summed E-state index contributed by atoms with van der Waals surface area (Å²) in [6.07, 6.45) is 3.04. The highest BCUT2D eigenvalue weighted by molar-refractivity contribution is 6.30. The fourth-order valence-electron chi connectivity index (χ4n) is 3.68. The third kappa shape index (κ3) is 4.92. The molecule has 3 heterocycles. The summed E-state index contributed by atoms with van der Waals surface area (Å²) >= 11 is 6.11. The summed E-state index contributed by atoms with van der Waals surface area (Å²) in [5.74, 6) is 0.769. The average Bonchev–Trinajstić information content (AvgIpc) is 3.15. The zero-order valence-corrected chi connectivity index (χ0v) is 18.2. The monoisotopic (exact) mass is 433 g/mol. The fraction of sp³-hybridized carbons (Fsp3) is 0.364. The lowest BCUT2D eigenvalue weighted by molar-refractivity contribution is 0.0788. The summed E-state index contributed by atoms with van der Waals surface area (Å²) in [5, 5.41) is 1.60. The first kappa shape index (κ1) is 21.6. The predicted molar refractivity (Wildman–Crippen MR) is 120 cm³/mol. The number of anilines is 1. The fourth-order valence-corrected chi connectivity index (χ4v) is 3.85. The predicted octanol–water partition coefficient (Wildman–Crippen LogP) is 5.21. The van der Waals surface area contributed by atoms with E-state index in [0.717, 1.165) is 54.0 Å². The van der Waals surface area contributed by atoms with E-state index in [4.69, 9.17) is 26.1 Å². The molecular formula is C22H25Cl2N3O2. The summed E-state index contributed by atoms with van der Waals surface area (Å²) in [6, 6.07) is 12.0. The average molecular weight is 434 g/mol. The standard InChI is InChI=1S/C22H24ClN3O2.ClH/c1-3-27-18-8-10-26(13-18)21-11-15(2)25-20-12-17(6-7-19(20)21)28-14-16-5-4-9-24-22(16)23;/h4-7,9,11-12,18H,3,8,10,13-14H2,1-2H3;1H/t18-;/m0./s1. The summed E-state index contributed by atoms with van der Waals surface area (Å²) in [6.45, 7) is 7.14. The topological polar surface area (TPSA) is 47.5 Å². The molecule has 0 saturated carbocycles. The van der Waals surface area contributed by atoms with E-state index in [1.807, 2.05) is 31.2 Å². The van der Waals surface area contributed by atoms with Gasteiger partial charge in [-0.2, -0.15) is 0 Å². The van der Waals surface area contributed by atoms with E-state index in [2.05, 4.69) is 28.9 Å². The molecule has 0 bridgehead atoms. The van der Waals surface area contributed by atoms with Crippen molar-refractivity contribution in [2.24, 2.45) is 0 Å². The second-order valence-electron chi connectivity index (χ2n) is 7.02. The minimum Gasteiger partial charge on any atom is -0.489 e. The number of benzene rings is 1. The van der Waals surface area contributed by atoms with Crippen molar-refractivity contribution in [3.05, 3.63) is 59.0 Å². The van der Waals surface area contributed by atoms with Gasteiger partial charge in [-0.05, 0) is 44.5 Å². The van der Waals surface area contributed by atoms with Gasteiger partial charge in [0.15, 0.2) is 0 Å². The Hall–Kier alpha value is -2.08. The van der Waals surface area contributed by atoms with Crippen LogP contribution in [0.3, 0.4) is 0 Å². The van der Waals surface area contributed by atoms with E-state index >= 15 is 0 Å². The van der Waals surface area contributed by atoms with Crippen LogP contribution < -0.4 is 9.64 Å². The highest BCUT2D eigenvalue weighted by atomic mass is 35.5. The molecule has 3 aromatic rings. The van der Waals surface area contributed by atoms with E-state index in [1.165, 1.54) is 5.69 Å². The molecule has 1 aromatic carbocycles. The largest absolute Gasteiger partial charge is 0.489 e. The smallest absolute Gasteiger partial charge is 0.135 e. The molecule has 2 aromatic heterocycles. The second kappa shape index (κ2) is 9.61. The van der Waals surface area contributed by atoms with Gasteiger partial charge in [0, 0.05) is 54.3 Å². The van der Waals surface area contributed by atoms with Crippen molar-refractivity contribution in [2.75, 3.05) is 24.6 Å². The summed E-state index contributed by atoms with van der Waals surface area (Å²) in [7, 11) is 0. The minimum atomic E-state index is 0. The maximum Gasteiger partial charge on any atom is 0.135 e. The van der Waals surface area contributed by atoms with E-state index in [-0.39, 0.29) is 12.4 Å². The first-order chi connectivity index (χ1) is 13.6. The van der Waals surface area contributed by atoms with Crippen molar-refractivity contribution in [1.29, 1.82) is 0 Å². The Kier molecular flexibility index (Phi) is 7.17. The van der Waals surface area contributed by atoms with Gasteiger partial charge in [-0.15, -0.1) is 12.4 Å². The van der Waals surface area contributed by atoms with Gasteiger partial charge in [0.1, 0.15) is 17.5 Å². The molecule has 29 heavy (non-hydrogen) atoms. The summed E-state index contributed by atoms with van der Waals surface area (Å²) in [4.78, 5) is 11.2. The second-order valence-corrected chi connectivity index (χ2v) is 7.37. The Morgan fingerprint density at radius 3 is 2.90 bits per heavy atom. The molecule has 0 N–H and O–H groups in total. The quantitative estimate of drug-likeness (QED) is 0.499. The van der Waals surface area contributed by atoms with Gasteiger partial charge >= 0.3 is 0 Å². The highest BCUT2D eigenvalue weighted by Gasteiger charge is 2.24. The molecular weight excluding hydrogens is 409 g/mol. The number of aromatic nitrogens is 2. The number of ether oxygens (including phenoxy) is 2. The Labute approximate surface area is 182 Å². The molecule has 0 aliphatic carbocycles. The number of fused-ring (bicyclic) bond motifs is 1.